The number of carbonyl (C=O) groups excluding carboxylic acids is 1. The molecule has 1 aromatic rings. The topological polar surface area (TPSA) is 20.3 Å². The fraction of sp³-hybridized carbons (Fsp3) is 0.533. The summed E-state index contributed by atoms with van der Waals surface area (Å²) in [6.45, 7) is 1.03. The molecule has 2 aliphatic carbocycles. The van der Waals surface area contributed by atoms with Gasteiger partial charge in [-0.1, -0.05) is 6.07 Å². The second kappa shape index (κ2) is 5.00. The SMILES string of the molecule is O=C(CN(CC1CC1)C1CC1)c1c(F)cccc1F. The van der Waals surface area contributed by atoms with Crippen molar-refractivity contribution in [1.82, 2.24) is 4.90 Å². The molecule has 3 rings (SSSR count). The van der Waals surface area contributed by atoms with Gasteiger partial charge in [0, 0.05) is 12.6 Å². The standard InChI is InChI=1S/C15H17F2NO/c16-12-2-1-3-13(17)15(12)14(19)9-18(11-6-7-11)8-10-4-5-10/h1-3,10-11H,4-9H2. The Bertz CT molecular complexity index is 475. The Morgan fingerprint density at radius 1 is 1.16 bits per heavy atom. The molecule has 19 heavy (non-hydrogen) atoms. The van der Waals surface area contributed by atoms with Crippen LogP contribution in [-0.2, 0) is 0 Å². The minimum atomic E-state index is -0.757. The van der Waals surface area contributed by atoms with E-state index in [1.807, 2.05) is 0 Å². The number of carbonyl (C=O) groups is 1. The lowest BCUT2D eigenvalue weighted by molar-refractivity contribution is 0.0912. The molecule has 2 fully saturated rings. The molecule has 0 radical (unpaired) electrons. The molecule has 102 valence electrons. The molecule has 0 heterocycles. The zero-order valence-corrected chi connectivity index (χ0v) is 10.7. The van der Waals surface area contributed by atoms with Crippen LogP contribution in [0.15, 0.2) is 18.2 Å². The number of benzene rings is 1. The van der Waals surface area contributed by atoms with Crippen LogP contribution in [0.1, 0.15) is 36.0 Å². The van der Waals surface area contributed by atoms with E-state index in [1.54, 1.807) is 0 Å². The first-order valence-corrected chi connectivity index (χ1v) is 6.86. The van der Waals surface area contributed by atoms with E-state index in [2.05, 4.69) is 4.90 Å². The van der Waals surface area contributed by atoms with E-state index in [1.165, 1.54) is 18.9 Å². The number of Topliss-reactive ketones (excluding diaryl/α,β-unsaturated/α-hetero) is 1. The van der Waals surface area contributed by atoms with E-state index in [0.717, 1.165) is 31.5 Å². The van der Waals surface area contributed by atoms with Gasteiger partial charge in [-0.3, -0.25) is 9.69 Å². The molecule has 0 amide bonds. The summed E-state index contributed by atoms with van der Waals surface area (Å²) in [5.41, 5.74) is -0.385. The van der Waals surface area contributed by atoms with Crippen LogP contribution in [0.3, 0.4) is 0 Å². The third-order valence-corrected chi connectivity index (χ3v) is 3.84. The molecule has 1 aromatic carbocycles. The minimum absolute atomic E-state index is 0.138. The number of hydrogen-bond donors (Lipinski definition) is 0. The molecule has 0 unspecified atom stereocenters. The number of ketones is 1. The van der Waals surface area contributed by atoms with Gasteiger partial charge in [-0.2, -0.15) is 0 Å². The Morgan fingerprint density at radius 2 is 1.79 bits per heavy atom. The molecule has 2 aliphatic rings. The van der Waals surface area contributed by atoms with Crippen molar-refractivity contribution in [2.45, 2.75) is 31.7 Å². The van der Waals surface area contributed by atoms with Crippen molar-refractivity contribution in [3.8, 4) is 0 Å². The van der Waals surface area contributed by atoms with E-state index in [-0.39, 0.29) is 12.1 Å². The van der Waals surface area contributed by atoms with Crippen molar-refractivity contribution in [1.29, 1.82) is 0 Å². The number of nitrogens with zero attached hydrogens (tertiary/aromatic N) is 1. The molecule has 0 aromatic heterocycles. The van der Waals surface area contributed by atoms with Crippen LogP contribution in [0, 0.1) is 17.6 Å². The van der Waals surface area contributed by atoms with E-state index >= 15 is 0 Å². The fourth-order valence-corrected chi connectivity index (χ4v) is 2.44. The molecule has 2 saturated carbocycles. The van der Waals surface area contributed by atoms with Gasteiger partial charge < -0.3 is 0 Å². The zero-order valence-electron chi connectivity index (χ0n) is 10.7. The van der Waals surface area contributed by atoms with E-state index < -0.39 is 17.4 Å². The summed E-state index contributed by atoms with van der Waals surface area (Å²) in [5.74, 6) is -1.28. The van der Waals surface area contributed by atoms with Gasteiger partial charge in [-0.25, -0.2) is 8.78 Å². The van der Waals surface area contributed by atoms with Crippen molar-refractivity contribution in [3.63, 3.8) is 0 Å². The van der Waals surface area contributed by atoms with Crippen LogP contribution in [0.25, 0.3) is 0 Å². The molecule has 0 bridgehead atoms. The van der Waals surface area contributed by atoms with Gasteiger partial charge in [-0.15, -0.1) is 0 Å². The summed E-state index contributed by atoms with van der Waals surface area (Å²) >= 11 is 0. The van der Waals surface area contributed by atoms with Gasteiger partial charge in [0.1, 0.15) is 11.6 Å². The third kappa shape index (κ3) is 3.00. The maximum atomic E-state index is 13.6. The van der Waals surface area contributed by atoms with Gasteiger partial charge in [0.2, 0.25) is 0 Å². The lowest BCUT2D eigenvalue weighted by atomic mass is 10.1. The quantitative estimate of drug-likeness (QED) is 0.737. The Hall–Kier alpha value is -1.29. The monoisotopic (exact) mass is 265 g/mol. The highest BCUT2D eigenvalue weighted by molar-refractivity contribution is 5.98. The number of halogens is 2. The summed E-state index contributed by atoms with van der Waals surface area (Å²) in [5, 5.41) is 0. The molecule has 0 aliphatic heterocycles. The molecule has 0 N–H and O–H groups in total. The summed E-state index contributed by atoms with van der Waals surface area (Å²) in [7, 11) is 0. The number of rotatable bonds is 6. The molecule has 0 atom stereocenters. The molecule has 0 spiro atoms. The predicted octanol–water partition coefficient (Wildman–Crippen LogP) is 3.02. The van der Waals surface area contributed by atoms with Crippen LogP contribution in [0.5, 0.6) is 0 Å². The second-order valence-electron chi connectivity index (χ2n) is 5.62. The van der Waals surface area contributed by atoms with Crippen molar-refractivity contribution < 1.29 is 13.6 Å². The van der Waals surface area contributed by atoms with Crippen LogP contribution >= 0.6 is 0 Å². The van der Waals surface area contributed by atoms with Crippen molar-refractivity contribution in [3.05, 3.63) is 35.4 Å². The fourth-order valence-electron chi connectivity index (χ4n) is 2.44. The minimum Gasteiger partial charge on any atom is -0.293 e. The Morgan fingerprint density at radius 3 is 2.32 bits per heavy atom. The molecule has 0 saturated heterocycles. The van der Waals surface area contributed by atoms with Crippen molar-refractivity contribution >= 4 is 5.78 Å². The van der Waals surface area contributed by atoms with Crippen LogP contribution in [0.2, 0.25) is 0 Å². The normalized spacial score (nSPS) is 18.9. The first kappa shape index (κ1) is 12.7. The van der Waals surface area contributed by atoms with E-state index in [9.17, 15) is 13.6 Å². The lowest BCUT2D eigenvalue weighted by Crippen LogP contribution is -2.34. The predicted molar refractivity (Wildman–Crippen MR) is 68.0 cm³/mol. The summed E-state index contributed by atoms with van der Waals surface area (Å²) in [6.07, 6.45) is 4.62. The Labute approximate surface area is 111 Å². The van der Waals surface area contributed by atoms with E-state index in [4.69, 9.17) is 0 Å². The maximum absolute atomic E-state index is 13.6. The van der Waals surface area contributed by atoms with Crippen molar-refractivity contribution in [2.24, 2.45) is 5.92 Å². The smallest absolute Gasteiger partial charge is 0.182 e. The number of hydrogen-bond acceptors (Lipinski definition) is 2. The average Bonchev–Trinajstić information content (AvgIpc) is 3.22. The van der Waals surface area contributed by atoms with Gasteiger partial charge >= 0.3 is 0 Å². The largest absolute Gasteiger partial charge is 0.293 e. The summed E-state index contributed by atoms with van der Waals surface area (Å²) in [6, 6.07) is 4.00. The van der Waals surface area contributed by atoms with Crippen LogP contribution in [0.4, 0.5) is 8.78 Å². The van der Waals surface area contributed by atoms with Crippen LogP contribution < -0.4 is 0 Å². The van der Waals surface area contributed by atoms with Gasteiger partial charge in [0.15, 0.2) is 5.78 Å². The summed E-state index contributed by atoms with van der Waals surface area (Å²) in [4.78, 5) is 14.2. The van der Waals surface area contributed by atoms with E-state index in [0.29, 0.717) is 12.0 Å². The molecular weight excluding hydrogens is 248 g/mol. The maximum Gasteiger partial charge on any atom is 0.182 e. The second-order valence-corrected chi connectivity index (χ2v) is 5.62. The van der Waals surface area contributed by atoms with Gasteiger partial charge in [-0.05, 0) is 43.7 Å². The van der Waals surface area contributed by atoms with Gasteiger partial charge in [0.25, 0.3) is 0 Å². The highest BCUT2D eigenvalue weighted by atomic mass is 19.1. The zero-order chi connectivity index (χ0) is 13.4. The lowest BCUT2D eigenvalue weighted by Gasteiger charge is -2.21. The molecular formula is C15H17F2NO. The Balaban J connectivity index is 1.71. The summed E-state index contributed by atoms with van der Waals surface area (Å²) < 4.78 is 27.1. The first-order chi connectivity index (χ1) is 9.15. The molecule has 2 nitrogen and oxygen atoms in total. The first-order valence-electron chi connectivity index (χ1n) is 6.86. The Kier molecular flexibility index (Phi) is 3.35. The highest BCUT2D eigenvalue weighted by Gasteiger charge is 2.35. The highest BCUT2D eigenvalue weighted by Crippen LogP contribution is 2.34. The average molecular weight is 265 g/mol. The van der Waals surface area contributed by atoms with Crippen LogP contribution in [-0.4, -0.2) is 29.8 Å². The third-order valence-electron chi connectivity index (χ3n) is 3.84. The van der Waals surface area contributed by atoms with Crippen molar-refractivity contribution in [2.75, 3.05) is 13.1 Å². The molecule has 4 heteroatoms. The van der Waals surface area contributed by atoms with Gasteiger partial charge in [0.05, 0.1) is 12.1 Å².